The molecule has 0 bridgehead atoms. The number of hydrogen-bond acceptors (Lipinski definition) is 1. The van der Waals surface area contributed by atoms with Crippen LogP contribution in [0.1, 0.15) is 50.5 Å². The third kappa shape index (κ3) is 4.09. The van der Waals surface area contributed by atoms with E-state index in [9.17, 15) is 13.2 Å². The van der Waals surface area contributed by atoms with Gasteiger partial charge < -0.3 is 4.74 Å². The Kier molecular flexibility index (Phi) is 6.12. The summed E-state index contributed by atoms with van der Waals surface area (Å²) in [6.07, 6.45) is 5.92. The first kappa shape index (κ1) is 20.5. The Morgan fingerprint density at radius 1 is 0.767 bits per heavy atom. The van der Waals surface area contributed by atoms with E-state index >= 15 is 0 Å². The molecule has 0 atom stereocenters. The van der Waals surface area contributed by atoms with Crippen LogP contribution in [0.25, 0.3) is 22.3 Å². The maximum Gasteiger partial charge on any atom is 0.201 e. The molecule has 0 saturated heterocycles. The molecule has 0 N–H and O–H groups in total. The number of hydrogen-bond donors (Lipinski definition) is 0. The third-order valence-electron chi connectivity index (χ3n) is 5.92. The first-order valence-electron chi connectivity index (χ1n) is 10.6. The zero-order valence-corrected chi connectivity index (χ0v) is 17.1. The van der Waals surface area contributed by atoms with Crippen LogP contribution in [0.5, 0.6) is 5.75 Å². The smallest absolute Gasteiger partial charge is 0.201 e. The summed E-state index contributed by atoms with van der Waals surface area (Å²) in [6.45, 7) is 1.97. The lowest BCUT2D eigenvalue weighted by molar-refractivity contribution is 0.314. The van der Waals surface area contributed by atoms with Crippen LogP contribution < -0.4 is 4.74 Å². The highest BCUT2D eigenvalue weighted by molar-refractivity contribution is 5.71. The average Bonchev–Trinajstić information content (AvgIpc) is 2.78. The van der Waals surface area contributed by atoms with Crippen LogP contribution in [0.4, 0.5) is 13.2 Å². The minimum Gasteiger partial charge on any atom is -0.491 e. The van der Waals surface area contributed by atoms with E-state index in [1.165, 1.54) is 31.4 Å². The molecule has 0 aromatic heterocycles. The lowest BCUT2D eigenvalue weighted by Crippen LogP contribution is -2.05. The summed E-state index contributed by atoms with van der Waals surface area (Å²) in [6, 6.07) is 15.3. The van der Waals surface area contributed by atoms with Gasteiger partial charge >= 0.3 is 0 Å². The lowest BCUT2D eigenvalue weighted by Gasteiger charge is -2.22. The van der Waals surface area contributed by atoms with Crippen molar-refractivity contribution in [3.63, 3.8) is 0 Å². The number of ether oxygens (including phenoxy) is 1. The summed E-state index contributed by atoms with van der Waals surface area (Å²) in [5, 5.41) is 0. The Morgan fingerprint density at radius 3 is 2.03 bits per heavy atom. The highest BCUT2D eigenvalue weighted by Crippen LogP contribution is 2.36. The summed E-state index contributed by atoms with van der Waals surface area (Å²) < 4.78 is 48.6. The van der Waals surface area contributed by atoms with Crippen LogP contribution in [0, 0.1) is 17.5 Å². The van der Waals surface area contributed by atoms with Crippen molar-refractivity contribution in [3.05, 3.63) is 77.6 Å². The molecule has 4 rings (SSSR count). The zero-order valence-electron chi connectivity index (χ0n) is 17.1. The van der Waals surface area contributed by atoms with Gasteiger partial charge in [-0.15, -0.1) is 0 Å². The van der Waals surface area contributed by atoms with E-state index in [2.05, 4.69) is 0 Å². The second-order valence-corrected chi connectivity index (χ2v) is 7.82. The highest BCUT2D eigenvalue weighted by Gasteiger charge is 2.18. The third-order valence-corrected chi connectivity index (χ3v) is 5.92. The summed E-state index contributed by atoms with van der Waals surface area (Å²) in [5.74, 6) is -1.85. The molecule has 0 heterocycles. The fraction of sp³-hybridized carbons (Fsp3) is 0.308. The van der Waals surface area contributed by atoms with Gasteiger partial charge in [-0.3, -0.25) is 0 Å². The van der Waals surface area contributed by atoms with Crippen LogP contribution in [-0.4, -0.2) is 6.61 Å². The number of rotatable bonds is 5. The van der Waals surface area contributed by atoms with Crippen molar-refractivity contribution in [2.24, 2.45) is 0 Å². The van der Waals surface area contributed by atoms with Crippen molar-refractivity contribution in [3.8, 4) is 28.0 Å². The van der Waals surface area contributed by atoms with Gasteiger partial charge in [-0.1, -0.05) is 55.7 Å². The summed E-state index contributed by atoms with van der Waals surface area (Å²) in [5.41, 5.74) is 2.96. The van der Waals surface area contributed by atoms with Crippen LogP contribution in [0.3, 0.4) is 0 Å². The van der Waals surface area contributed by atoms with Crippen molar-refractivity contribution >= 4 is 0 Å². The van der Waals surface area contributed by atoms with Gasteiger partial charge in [0, 0.05) is 11.1 Å². The van der Waals surface area contributed by atoms with Gasteiger partial charge in [0.15, 0.2) is 11.6 Å². The van der Waals surface area contributed by atoms with Gasteiger partial charge in [0.1, 0.15) is 5.82 Å². The van der Waals surface area contributed by atoms with E-state index in [1.807, 2.05) is 12.1 Å². The number of benzene rings is 3. The van der Waals surface area contributed by atoms with Gasteiger partial charge in [0.25, 0.3) is 0 Å². The van der Waals surface area contributed by atoms with Crippen molar-refractivity contribution in [1.82, 2.24) is 0 Å². The molecule has 0 radical (unpaired) electrons. The lowest BCUT2D eigenvalue weighted by atomic mass is 9.83. The number of halogens is 3. The molecule has 4 heteroatoms. The highest BCUT2D eigenvalue weighted by atomic mass is 19.2. The Bertz CT molecular complexity index is 1020. The minimum atomic E-state index is -0.997. The van der Waals surface area contributed by atoms with Crippen molar-refractivity contribution in [1.29, 1.82) is 0 Å². The van der Waals surface area contributed by atoms with E-state index in [4.69, 9.17) is 4.74 Å². The van der Waals surface area contributed by atoms with E-state index in [0.29, 0.717) is 22.6 Å². The molecule has 1 aliphatic rings. The van der Waals surface area contributed by atoms with E-state index in [0.717, 1.165) is 18.4 Å². The molecule has 30 heavy (non-hydrogen) atoms. The standard InChI is InChI=1S/C26H25F3O/c1-2-30-24-15-14-22(25(28)26(24)29)19-10-8-18(9-11-19)21-13-12-20(16-23(21)27)17-6-4-3-5-7-17/h8-17H,2-7H2,1H3. The minimum absolute atomic E-state index is 0.101. The molecule has 1 saturated carbocycles. The Morgan fingerprint density at radius 2 is 1.40 bits per heavy atom. The first-order chi connectivity index (χ1) is 14.6. The van der Waals surface area contributed by atoms with E-state index in [-0.39, 0.29) is 23.7 Å². The fourth-order valence-electron chi connectivity index (χ4n) is 4.31. The first-order valence-corrected chi connectivity index (χ1v) is 10.6. The Balaban J connectivity index is 1.59. The molecule has 1 nitrogen and oxygen atoms in total. The predicted molar refractivity (Wildman–Crippen MR) is 114 cm³/mol. The van der Waals surface area contributed by atoms with Crippen molar-refractivity contribution in [2.45, 2.75) is 44.9 Å². The maximum atomic E-state index is 14.8. The average molecular weight is 410 g/mol. The molecular formula is C26H25F3O. The molecule has 0 unspecified atom stereocenters. The van der Waals surface area contributed by atoms with Crippen LogP contribution in [0.15, 0.2) is 54.6 Å². The van der Waals surface area contributed by atoms with Gasteiger partial charge in [0.2, 0.25) is 5.82 Å². The maximum absolute atomic E-state index is 14.8. The van der Waals surface area contributed by atoms with E-state index in [1.54, 1.807) is 37.3 Å². The Hall–Kier alpha value is -2.75. The molecule has 0 amide bonds. The molecular weight excluding hydrogens is 385 g/mol. The molecule has 3 aromatic carbocycles. The topological polar surface area (TPSA) is 9.23 Å². The second-order valence-electron chi connectivity index (χ2n) is 7.82. The van der Waals surface area contributed by atoms with Crippen molar-refractivity contribution < 1.29 is 17.9 Å². The molecule has 156 valence electrons. The van der Waals surface area contributed by atoms with Crippen LogP contribution in [0.2, 0.25) is 0 Å². The van der Waals surface area contributed by atoms with E-state index < -0.39 is 11.6 Å². The SMILES string of the molecule is CCOc1ccc(-c2ccc(-c3ccc(C4CCCCC4)cc3F)cc2)c(F)c1F. The fourth-order valence-corrected chi connectivity index (χ4v) is 4.31. The normalized spacial score (nSPS) is 14.7. The van der Waals surface area contributed by atoms with Gasteiger partial charge in [-0.05, 0) is 60.6 Å². The predicted octanol–water partition coefficient (Wildman–Crippen LogP) is 7.88. The molecule has 1 fully saturated rings. The quantitative estimate of drug-likeness (QED) is 0.416. The molecule has 3 aromatic rings. The summed E-state index contributed by atoms with van der Waals surface area (Å²) in [4.78, 5) is 0. The Labute approximate surface area is 175 Å². The van der Waals surface area contributed by atoms with Gasteiger partial charge in [-0.2, -0.15) is 4.39 Å². The van der Waals surface area contributed by atoms with Crippen molar-refractivity contribution in [2.75, 3.05) is 6.61 Å². The monoisotopic (exact) mass is 410 g/mol. The van der Waals surface area contributed by atoms with Crippen LogP contribution in [-0.2, 0) is 0 Å². The van der Waals surface area contributed by atoms with Crippen LogP contribution >= 0.6 is 0 Å². The zero-order chi connectivity index (χ0) is 21.1. The largest absolute Gasteiger partial charge is 0.491 e. The molecule has 0 aliphatic heterocycles. The summed E-state index contributed by atoms with van der Waals surface area (Å²) >= 11 is 0. The summed E-state index contributed by atoms with van der Waals surface area (Å²) in [7, 11) is 0. The van der Waals surface area contributed by atoms with Gasteiger partial charge in [-0.25, -0.2) is 8.78 Å². The second kappa shape index (κ2) is 8.95. The van der Waals surface area contributed by atoms with Gasteiger partial charge in [0.05, 0.1) is 6.61 Å². The molecule has 1 aliphatic carbocycles. The molecule has 0 spiro atoms.